The van der Waals surface area contributed by atoms with Gasteiger partial charge in [-0.05, 0) is 24.6 Å². The molecule has 1 atom stereocenters. The molecule has 23 heavy (non-hydrogen) atoms. The number of nitrogens with one attached hydrogen (secondary N) is 1. The Hall–Kier alpha value is -2.18. The third kappa shape index (κ3) is 2.75. The molecule has 0 amide bonds. The molecule has 0 aliphatic carbocycles. The molecule has 1 aliphatic rings. The standard InChI is InChI=1S/C17H21N5O/c1-12-3-4-15-16(5-12)22-14(10-23-11-17(22)20-15)8-18-6-13-7-19-21(2)9-13/h3-5,7,9,14,18H,6,8,10-11H2,1-2H3/t14-/m0/s1. The minimum absolute atomic E-state index is 0.266. The van der Waals surface area contributed by atoms with E-state index in [-0.39, 0.29) is 6.04 Å². The lowest BCUT2D eigenvalue weighted by atomic mass is 10.2. The zero-order valence-corrected chi connectivity index (χ0v) is 13.5. The predicted octanol–water partition coefficient (Wildman–Crippen LogP) is 1.94. The van der Waals surface area contributed by atoms with Crippen LogP contribution in [0.2, 0.25) is 0 Å². The first-order chi connectivity index (χ1) is 11.2. The van der Waals surface area contributed by atoms with E-state index in [1.54, 1.807) is 0 Å². The molecule has 1 aromatic carbocycles. The second kappa shape index (κ2) is 5.79. The predicted molar refractivity (Wildman–Crippen MR) is 88.1 cm³/mol. The van der Waals surface area contributed by atoms with Gasteiger partial charge >= 0.3 is 0 Å². The molecule has 1 aliphatic heterocycles. The molecule has 6 heteroatoms. The van der Waals surface area contributed by atoms with E-state index in [1.807, 2.05) is 24.1 Å². The third-order valence-corrected chi connectivity index (χ3v) is 4.29. The number of ether oxygens (including phenoxy) is 1. The van der Waals surface area contributed by atoms with Gasteiger partial charge in [0.1, 0.15) is 12.4 Å². The second-order valence-electron chi connectivity index (χ2n) is 6.21. The van der Waals surface area contributed by atoms with E-state index >= 15 is 0 Å². The van der Waals surface area contributed by atoms with Gasteiger partial charge in [0.15, 0.2) is 0 Å². The van der Waals surface area contributed by atoms with Gasteiger partial charge in [-0.3, -0.25) is 4.68 Å². The summed E-state index contributed by atoms with van der Waals surface area (Å²) in [5, 5.41) is 7.71. The lowest BCUT2D eigenvalue weighted by Crippen LogP contribution is -2.32. The Morgan fingerprint density at radius 1 is 1.39 bits per heavy atom. The van der Waals surface area contributed by atoms with E-state index in [9.17, 15) is 0 Å². The first-order valence-electron chi connectivity index (χ1n) is 7.94. The van der Waals surface area contributed by atoms with Crippen molar-refractivity contribution in [2.24, 2.45) is 7.05 Å². The SMILES string of the molecule is Cc1ccc2nc3n(c2c1)[C@@H](CNCc1cnn(C)c1)COC3. The van der Waals surface area contributed by atoms with Crippen LogP contribution in [-0.2, 0) is 24.9 Å². The molecule has 3 aromatic rings. The van der Waals surface area contributed by atoms with Crippen molar-refractivity contribution in [3.05, 3.63) is 47.5 Å². The van der Waals surface area contributed by atoms with E-state index in [0.29, 0.717) is 13.2 Å². The van der Waals surface area contributed by atoms with E-state index in [0.717, 1.165) is 24.4 Å². The van der Waals surface area contributed by atoms with Crippen LogP contribution in [0.4, 0.5) is 0 Å². The molecular weight excluding hydrogens is 290 g/mol. The molecule has 120 valence electrons. The molecule has 1 N–H and O–H groups in total. The monoisotopic (exact) mass is 311 g/mol. The smallest absolute Gasteiger partial charge is 0.136 e. The van der Waals surface area contributed by atoms with Gasteiger partial charge in [0.05, 0.1) is 29.9 Å². The summed E-state index contributed by atoms with van der Waals surface area (Å²) >= 11 is 0. The van der Waals surface area contributed by atoms with Gasteiger partial charge in [-0.25, -0.2) is 4.98 Å². The molecule has 0 saturated heterocycles. The normalized spacial score (nSPS) is 17.6. The number of fused-ring (bicyclic) bond motifs is 3. The number of nitrogens with zero attached hydrogens (tertiary/aromatic N) is 4. The second-order valence-corrected chi connectivity index (χ2v) is 6.21. The van der Waals surface area contributed by atoms with Crippen molar-refractivity contribution in [3.63, 3.8) is 0 Å². The highest BCUT2D eigenvalue weighted by molar-refractivity contribution is 5.77. The Morgan fingerprint density at radius 3 is 3.13 bits per heavy atom. The first-order valence-corrected chi connectivity index (χ1v) is 7.94. The third-order valence-electron chi connectivity index (χ3n) is 4.29. The van der Waals surface area contributed by atoms with Crippen molar-refractivity contribution in [3.8, 4) is 0 Å². The van der Waals surface area contributed by atoms with Crippen molar-refractivity contribution in [1.82, 2.24) is 24.6 Å². The molecule has 0 saturated carbocycles. The Bertz CT molecular complexity index is 835. The summed E-state index contributed by atoms with van der Waals surface area (Å²) < 4.78 is 9.90. The minimum atomic E-state index is 0.266. The molecular formula is C17H21N5O. The fourth-order valence-electron chi connectivity index (χ4n) is 3.22. The molecule has 4 rings (SSSR count). The maximum atomic E-state index is 5.74. The van der Waals surface area contributed by atoms with E-state index in [2.05, 4.69) is 40.1 Å². The summed E-state index contributed by atoms with van der Waals surface area (Å²) in [7, 11) is 1.94. The van der Waals surface area contributed by atoms with Crippen LogP contribution < -0.4 is 5.32 Å². The zero-order chi connectivity index (χ0) is 15.8. The molecule has 0 fully saturated rings. The van der Waals surface area contributed by atoms with Crippen LogP contribution in [-0.4, -0.2) is 32.5 Å². The van der Waals surface area contributed by atoms with Gasteiger partial charge in [-0.15, -0.1) is 0 Å². The van der Waals surface area contributed by atoms with Crippen LogP contribution in [0.25, 0.3) is 11.0 Å². The van der Waals surface area contributed by atoms with E-state index < -0.39 is 0 Å². The fourth-order valence-corrected chi connectivity index (χ4v) is 3.22. The summed E-state index contributed by atoms with van der Waals surface area (Å²) in [5.41, 5.74) is 4.70. The number of hydrogen-bond acceptors (Lipinski definition) is 4. The number of hydrogen-bond donors (Lipinski definition) is 1. The average Bonchev–Trinajstić information content (AvgIpc) is 3.11. The number of imidazole rings is 1. The van der Waals surface area contributed by atoms with Crippen LogP contribution in [0.5, 0.6) is 0 Å². The quantitative estimate of drug-likeness (QED) is 0.800. The Morgan fingerprint density at radius 2 is 2.30 bits per heavy atom. The van der Waals surface area contributed by atoms with Gasteiger partial charge < -0.3 is 14.6 Å². The van der Waals surface area contributed by atoms with Crippen LogP contribution in [0, 0.1) is 6.92 Å². The van der Waals surface area contributed by atoms with Crippen molar-refractivity contribution in [2.45, 2.75) is 26.1 Å². The summed E-state index contributed by atoms with van der Waals surface area (Å²) in [6.07, 6.45) is 3.93. The molecule has 6 nitrogen and oxygen atoms in total. The topological polar surface area (TPSA) is 56.9 Å². The van der Waals surface area contributed by atoms with Gasteiger partial charge in [-0.1, -0.05) is 6.07 Å². The lowest BCUT2D eigenvalue weighted by Gasteiger charge is -2.26. The van der Waals surface area contributed by atoms with Crippen LogP contribution in [0.3, 0.4) is 0 Å². The van der Waals surface area contributed by atoms with Crippen molar-refractivity contribution >= 4 is 11.0 Å². The summed E-state index contributed by atoms with van der Waals surface area (Å²) in [5.74, 6) is 1.02. The Labute approximate surface area is 135 Å². The maximum absolute atomic E-state index is 5.74. The Kier molecular flexibility index (Phi) is 3.63. The highest BCUT2D eigenvalue weighted by Gasteiger charge is 2.23. The van der Waals surface area contributed by atoms with E-state index in [1.165, 1.54) is 16.6 Å². The largest absolute Gasteiger partial charge is 0.371 e. The van der Waals surface area contributed by atoms with Crippen LogP contribution >= 0.6 is 0 Å². The summed E-state index contributed by atoms with van der Waals surface area (Å²) in [6.45, 7) is 5.08. The zero-order valence-electron chi connectivity index (χ0n) is 13.5. The van der Waals surface area contributed by atoms with Gasteiger partial charge in [0.2, 0.25) is 0 Å². The minimum Gasteiger partial charge on any atom is -0.371 e. The van der Waals surface area contributed by atoms with Crippen LogP contribution in [0.15, 0.2) is 30.6 Å². The fraction of sp³-hybridized carbons (Fsp3) is 0.412. The molecule has 0 radical (unpaired) electrons. The van der Waals surface area contributed by atoms with Crippen molar-refractivity contribution in [1.29, 1.82) is 0 Å². The maximum Gasteiger partial charge on any atom is 0.136 e. The summed E-state index contributed by atoms with van der Waals surface area (Å²) in [6, 6.07) is 6.68. The lowest BCUT2D eigenvalue weighted by molar-refractivity contribution is 0.0564. The average molecular weight is 311 g/mol. The molecule has 2 aromatic heterocycles. The molecule has 0 spiro atoms. The molecule has 0 bridgehead atoms. The number of benzene rings is 1. The highest BCUT2D eigenvalue weighted by atomic mass is 16.5. The van der Waals surface area contributed by atoms with Gasteiger partial charge in [0.25, 0.3) is 0 Å². The van der Waals surface area contributed by atoms with Crippen molar-refractivity contribution < 1.29 is 4.74 Å². The van der Waals surface area contributed by atoms with Gasteiger partial charge in [-0.2, -0.15) is 5.10 Å². The first kappa shape index (κ1) is 14.4. The number of aryl methyl sites for hydroxylation is 2. The highest BCUT2D eigenvalue weighted by Crippen LogP contribution is 2.26. The number of rotatable bonds is 4. The summed E-state index contributed by atoms with van der Waals surface area (Å²) in [4.78, 5) is 4.71. The molecule has 3 heterocycles. The van der Waals surface area contributed by atoms with Gasteiger partial charge in [0, 0.05) is 31.9 Å². The van der Waals surface area contributed by atoms with Crippen LogP contribution in [0.1, 0.15) is 23.0 Å². The number of aromatic nitrogens is 4. The Balaban J connectivity index is 1.54. The van der Waals surface area contributed by atoms with E-state index in [4.69, 9.17) is 9.72 Å². The molecule has 0 unspecified atom stereocenters. The van der Waals surface area contributed by atoms with Crippen molar-refractivity contribution in [2.75, 3.05) is 13.2 Å².